The number of non-ortho nitro benzene ring substituents is 1. The Morgan fingerprint density at radius 1 is 1.17 bits per heavy atom. The van der Waals surface area contributed by atoms with E-state index in [4.69, 9.17) is 0 Å². The van der Waals surface area contributed by atoms with Gasteiger partial charge in [0.15, 0.2) is 5.16 Å². The number of carbonyl (C=O) groups is 1. The summed E-state index contributed by atoms with van der Waals surface area (Å²) in [5.41, 5.74) is 3.34. The predicted molar refractivity (Wildman–Crippen MR) is 88.7 cm³/mol. The molecule has 0 aliphatic carbocycles. The molecule has 2 aromatic rings. The van der Waals surface area contributed by atoms with E-state index in [1.165, 1.54) is 36.0 Å². The lowest BCUT2D eigenvalue weighted by Crippen LogP contribution is -2.14. The van der Waals surface area contributed by atoms with E-state index in [1.54, 1.807) is 0 Å². The summed E-state index contributed by atoms with van der Waals surface area (Å²) in [5.74, 6) is -0.0535. The van der Waals surface area contributed by atoms with E-state index in [9.17, 15) is 14.9 Å². The smallest absolute Gasteiger partial charge is 0.269 e. The van der Waals surface area contributed by atoms with Gasteiger partial charge in [0.25, 0.3) is 5.69 Å². The van der Waals surface area contributed by atoms with Gasteiger partial charge < -0.3 is 5.32 Å². The quantitative estimate of drug-likeness (QED) is 0.391. The van der Waals surface area contributed by atoms with Crippen LogP contribution < -0.4 is 5.32 Å². The van der Waals surface area contributed by atoms with Crippen molar-refractivity contribution < 1.29 is 9.72 Å². The minimum absolute atomic E-state index is 0.0172. The Labute approximate surface area is 137 Å². The maximum Gasteiger partial charge on any atom is 0.269 e. The van der Waals surface area contributed by atoms with Gasteiger partial charge in [-0.25, -0.2) is 9.97 Å². The Kier molecular flexibility index (Phi) is 5.28. The Morgan fingerprint density at radius 2 is 1.74 bits per heavy atom. The van der Waals surface area contributed by atoms with Crippen molar-refractivity contribution in [2.45, 2.75) is 25.9 Å². The average molecular weight is 332 g/mol. The first kappa shape index (κ1) is 16.9. The summed E-state index contributed by atoms with van der Waals surface area (Å²) in [6.45, 7) is 5.77. The molecule has 0 atom stereocenters. The lowest BCUT2D eigenvalue weighted by molar-refractivity contribution is -0.384. The van der Waals surface area contributed by atoms with Gasteiger partial charge in [-0.1, -0.05) is 11.8 Å². The third-order valence-electron chi connectivity index (χ3n) is 3.31. The number of nitro groups is 1. The van der Waals surface area contributed by atoms with Crippen molar-refractivity contribution >= 4 is 29.0 Å². The van der Waals surface area contributed by atoms with Crippen molar-refractivity contribution in [1.82, 2.24) is 9.97 Å². The van der Waals surface area contributed by atoms with Crippen molar-refractivity contribution in [3.8, 4) is 0 Å². The molecule has 23 heavy (non-hydrogen) atoms. The van der Waals surface area contributed by atoms with Gasteiger partial charge in [-0.05, 0) is 38.5 Å². The second kappa shape index (κ2) is 7.19. The molecule has 0 unspecified atom stereocenters. The van der Waals surface area contributed by atoms with Crippen molar-refractivity contribution in [1.29, 1.82) is 0 Å². The van der Waals surface area contributed by atoms with Crippen LogP contribution in [0.3, 0.4) is 0 Å². The molecular formula is C15H16N4O3S. The zero-order chi connectivity index (χ0) is 17.0. The number of anilines is 1. The summed E-state index contributed by atoms with van der Waals surface area (Å²) >= 11 is 1.25. The van der Waals surface area contributed by atoms with Gasteiger partial charge in [-0.3, -0.25) is 14.9 Å². The largest absolute Gasteiger partial charge is 0.325 e. The Bertz CT molecular complexity index is 724. The van der Waals surface area contributed by atoms with Crippen molar-refractivity contribution in [3.63, 3.8) is 0 Å². The third kappa shape index (κ3) is 4.49. The first-order valence-electron chi connectivity index (χ1n) is 6.86. The number of aryl methyl sites for hydroxylation is 2. The van der Waals surface area contributed by atoms with E-state index in [2.05, 4.69) is 15.3 Å². The number of hydrogen-bond acceptors (Lipinski definition) is 6. The molecule has 0 bridgehead atoms. The van der Waals surface area contributed by atoms with Crippen LogP contribution in [0.4, 0.5) is 11.4 Å². The van der Waals surface area contributed by atoms with E-state index in [0.717, 1.165) is 17.0 Å². The van der Waals surface area contributed by atoms with E-state index < -0.39 is 4.92 Å². The highest BCUT2D eigenvalue weighted by Gasteiger charge is 2.10. The molecule has 8 heteroatoms. The highest BCUT2D eigenvalue weighted by Crippen LogP contribution is 2.19. The van der Waals surface area contributed by atoms with Crippen LogP contribution in [0.15, 0.2) is 29.4 Å². The highest BCUT2D eigenvalue weighted by molar-refractivity contribution is 7.99. The summed E-state index contributed by atoms with van der Waals surface area (Å²) in [6, 6.07) is 5.69. The lowest BCUT2D eigenvalue weighted by atomic mass is 10.2. The number of carbonyl (C=O) groups excluding carboxylic acids is 1. The number of rotatable bonds is 5. The molecule has 120 valence electrons. The monoisotopic (exact) mass is 332 g/mol. The SMILES string of the molecule is Cc1nc(SCC(=O)Nc2ccc([N+](=O)[O-])cc2)nc(C)c1C. The van der Waals surface area contributed by atoms with Crippen LogP contribution in [0.25, 0.3) is 0 Å². The highest BCUT2D eigenvalue weighted by atomic mass is 32.2. The topological polar surface area (TPSA) is 98.0 Å². The van der Waals surface area contributed by atoms with Crippen LogP contribution in [-0.4, -0.2) is 26.6 Å². The number of nitro benzene ring substituents is 1. The van der Waals surface area contributed by atoms with Gasteiger partial charge in [0.1, 0.15) is 0 Å². The molecule has 0 spiro atoms. The van der Waals surface area contributed by atoms with Gasteiger partial charge in [0.2, 0.25) is 5.91 Å². The second-order valence-corrected chi connectivity index (χ2v) is 5.89. The van der Waals surface area contributed by atoms with Gasteiger partial charge in [0, 0.05) is 29.2 Å². The summed E-state index contributed by atoms with van der Waals surface area (Å²) in [7, 11) is 0. The molecule has 2 rings (SSSR count). The molecular weight excluding hydrogens is 316 g/mol. The number of benzene rings is 1. The first-order chi connectivity index (χ1) is 10.9. The standard InChI is InChI=1S/C15H16N4O3S/c1-9-10(2)16-15(17-11(9)3)23-8-14(20)18-12-4-6-13(7-5-12)19(21)22/h4-7H,8H2,1-3H3,(H,18,20). The third-order valence-corrected chi connectivity index (χ3v) is 4.15. The van der Waals surface area contributed by atoms with Gasteiger partial charge >= 0.3 is 0 Å². The fourth-order valence-corrected chi connectivity index (χ4v) is 2.53. The number of aromatic nitrogens is 2. The minimum atomic E-state index is -0.485. The molecule has 1 N–H and O–H groups in total. The van der Waals surface area contributed by atoms with Gasteiger partial charge in [-0.15, -0.1) is 0 Å². The van der Waals surface area contributed by atoms with Crippen molar-refractivity contribution in [2.75, 3.05) is 11.1 Å². The maximum absolute atomic E-state index is 11.9. The fourth-order valence-electron chi connectivity index (χ4n) is 1.80. The first-order valence-corrected chi connectivity index (χ1v) is 7.84. The number of nitrogens with one attached hydrogen (secondary N) is 1. The lowest BCUT2D eigenvalue weighted by Gasteiger charge is -2.07. The molecule has 7 nitrogen and oxygen atoms in total. The van der Waals surface area contributed by atoms with Crippen LogP contribution in [0, 0.1) is 30.9 Å². The molecule has 1 heterocycles. The summed E-state index contributed by atoms with van der Waals surface area (Å²) in [4.78, 5) is 30.7. The molecule has 0 radical (unpaired) electrons. The molecule has 0 saturated carbocycles. The fraction of sp³-hybridized carbons (Fsp3) is 0.267. The minimum Gasteiger partial charge on any atom is -0.325 e. The normalized spacial score (nSPS) is 10.4. The van der Waals surface area contributed by atoms with Crippen molar-refractivity contribution in [3.05, 3.63) is 51.3 Å². The van der Waals surface area contributed by atoms with Gasteiger partial charge in [-0.2, -0.15) is 0 Å². The molecule has 1 aromatic heterocycles. The van der Waals surface area contributed by atoms with Crippen LogP contribution >= 0.6 is 11.8 Å². The molecule has 0 aliphatic rings. The van der Waals surface area contributed by atoms with E-state index >= 15 is 0 Å². The predicted octanol–water partition coefficient (Wildman–Crippen LogP) is 3.04. The number of nitrogens with zero attached hydrogens (tertiary/aromatic N) is 3. The second-order valence-electron chi connectivity index (χ2n) is 4.94. The van der Waals surface area contributed by atoms with E-state index in [0.29, 0.717) is 10.8 Å². The number of amides is 1. The Morgan fingerprint density at radius 3 is 2.26 bits per heavy atom. The zero-order valence-electron chi connectivity index (χ0n) is 13.0. The number of thioether (sulfide) groups is 1. The molecule has 1 aromatic carbocycles. The zero-order valence-corrected chi connectivity index (χ0v) is 13.8. The molecule has 0 aliphatic heterocycles. The van der Waals surface area contributed by atoms with Crippen LogP contribution in [0.2, 0.25) is 0 Å². The molecule has 0 saturated heterocycles. The molecule has 0 fully saturated rings. The number of hydrogen-bond donors (Lipinski definition) is 1. The van der Waals surface area contributed by atoms with Crippen LogP contribution in [0.5, 0.6) is 0 Å². The van der Waals surface area contributed by atoms with Crippen LogP contribution in [-0.2, 0) is 4.79 Å². The van der Waals surface area contributed by atoms with E-state index in [1.807, 2.05) is 20.8 Å². The Hall–Kier alpha value is -2.48. The maximum atomic E-state index is 11.9. The van der Waals surface area contributed by atoms with Gasteiger partial charge in [0.05, 0.1) is 10.7 Å². The van der Waals surface area contributed by atoms with Crippen LogP contribution in [0.1, 0.15) is 17.0 Å². The summed E-state index contributed by atoms with van der Waals surface area (Å²) in [5, 5.41) is 13.8. The van der Waals surface area contributed by atoms with Crippen molar-refractivity contribution in [2.24, 2.45) is 0 Å². The Balaban J connectivity index is 1.93. The average Bonchev–Trinajstić information content (AvgIpc) is 2.51. The molecule has 1 amide bonds. The van der Waals surface area contributed by atoms with E-state index in [-0.39, 0.29) is 17.3 Å². The summed E-state index contributed by atoms with van der Waals surface area (Å²) in [6.07, 6.45) is 0. The summed E-state index contributed by atoms with van der Waals surface area (Å²) < 4.78 is 0.